The minimum Gasteiger partial charge on any atom is -0.461 e. The third-order valence-corrected chi connectivity index (χ3v) is 4.54. The fraction of sp³-hybridized carbons (Fsp3) is 0.353. The van der Waals surface area contributed by atoms with Crippen LogP contribution < -0.4 is 0 Å². The standard InChI is InChI=1S/C17H17Cl2N3O3/c1-2-25-17(24)16-13-10-21(15(23)9-18)8-7-14(13)22(20-16)12-5-3-11(19)4-6-12/h3-6H,2,7-10H2,1H3. The van der Waals surface area contributed by atoms with E-state index < -0.39 is 5.97 Å². The van der Waals surface area contributed by atoms with E-state index in [1.54, 1.807) is 28.6 Å². The second-order valence-electron chi connectivity index (χ2n) is 5.58. The van der Waals surface area contributed by atoms with Crippen LogP contribution in [0.15, 0.2) is 24.3 Å². The van der Waals surface area contributed by atoms with Gasteiger partial charge in [-0.2, -0.15) is 5.10 Å². The second-order valence-corrected chi connectivity index (χ2v) is 6.29. The molecule has 2 heterocycles. The molecule has 0 unspecified atom stereocenters. The lowest BCUT2D eigenvalue weighted by Crippen LogP contribution is -2.37. The van der Waals surface area contributed by atoms with Crippen molar-refractivity contribution in [2.75, 3.05) is 19.0 Å². The lowest BCUT2D eigenvalue weighted by Gasteiger charge is -2.27. The van der Waals surface area contributed by atoms with Gasteiger partial charge >= 0.3 is 5.97 Å². The van der Waals surface area contributed by atoms with Crippen LogP contribution in [-0.4, -0.2) is 45.6 Å². The summed E-state index contributed by atoms with van der Waals surface area (Å²) in [5, 5.41) is 5.08. The van der Waals surface area contributed by atoms with E-state index in [9.17, 15) is 9.59 Å². The number of amides is 1. The van der Waals surface area contributed by atoms with Crippen molar-refractivity contribution >= 4 is 35.1 Å². The van der Waals surface area contributed by atoms with Crippen LogP contribution in [0.3, 0.4) is 0 Å². The Morgan fingerprint density at radius 3 is 2.64 bits per heavy atom. The molecule has 0 aliphatic carbocycles. The Kier molecular flexibility index (Phi) is 5.30. The van der Waals surface area contributed by atoms with Crippen LogP contribution in [0.5, 0.6) is 0 Å². The average molecular weight is 382 g/mol. The molecule has 0 bridgehead atoms. The second kappa shape index (κ2) is 7.45. The molecule has 25 heavy (non-hydrogen) atoms. The monoisotopic (exact) mass is 381 g/mol. The highest BCUT2D eigenvalue weighted by molar-refractivity contribution is 6.30. The molecule has 1 amide bonds. The van der Waals surface area contributed by atoms with Gasteiger partial charge in [-0.15, -0.1) is 11.6 Å². The van der Waals surface area contributed by atoms with Gasteiger partial charge in [0.15, 0.2) is 5.69 Å². The highest BCUT2D eigenvalue weighted by atomic mass is 35.5. The van der Waals surface area contributed by atoms with Gasteiger partial charge in [-0.25, -0.2) is 9.48 Å². The predicted molar refractivity (Wildman–Crippen MR) is 94.4 cm³/mol. The van der Waals surface area contributed by atoms with Gasteiger partial charge < -0.3 is 9.64 Å². The van der Waals surface area contributed by atoms with E-state index in [0.717, 1.165) is 11.4 Å². The third-order valence-electron chi connectivity index (χ3n) is 4.06. The Morgan fingerprint density at radius 2 is 2.00 bits per heavy atom. The van der Waals surface area contributed by atoms with E-state index >= 15 is 0 Å². The largest absolute Gasteiger partial charge is 0.461 e. The maximum Gasteiger partial charge on any atom is 0.359 e. The van der Waals surface area contributed by atoms with E-state index in [-0.39, 0.29) is 24.1 Å². The molecule has 2 aromatic rings. The van der Waals surface area contributed by atoms with Crippen molar-refractivity contribution in [3.05, 3.63) is 46.2 Å². The van der Waals surface area contributed by atoms with Crippen LogP contribution in [0.2, 0.25) is 5.02 Å². The Labute approximate surface area is 155 Å². The first-order valence-corrected chi connectivity index (χ1v) is 8.84. The molecule has 0 saturated carbocycles. The van der Waals surface area contributed by atoms with Crippen molar-refractivity contribution in [3.63, 3.8) is 0 Å². The minimum atomic E-state index is -0.494. The number of aromatic nitrogens is 2. The smallest absolute Gasteiger partial charge is 0.359 e. The summed E-state index contributed by atoms with van der Waals surface area (Å²) in [7, 11) is 0. The first-order chi connectivity index (χ1) is 12.0. The van der Waals surface area contributed by atoms with Crippen molar-refractivity contribution in [1.29, 1.82) is 0 Å². The number of alkyl halides is 1. The molecule has 0 fully saturated rings. The molecule has 3 rings (SSSR count). The Hall–Kier alpha value is -2.05. The molecule has 1 aliphatic rings. The number of fused-ring (bicyclic) bond motifs is 1. The summed E-state index contributed by atoms with van der Waals surface area (Å²) in [5.74, 6) is -0.747. The Morgan fingerprint density at radius 1 is 1.28 bits per heavy atom. The minimum absolute atomic E-state index is 0.0879. The summed E-state index contributed by atoms with van der Waals surface area (Å²) in [4.78, 5) is 25.9. The van der Waals surface area contributed by atoms with Gasteiger partial charge in [0.25, 0.3) is 0 Å². The van der Waals surface area contributed by atoms with Crippen LogP contribution in [-0.2, 0) is 22.5 Å². The highest BCUT2D eigenvalue weighted by Gasteiger charge is 2.30. The molecule has 0 atom stereocenters. The molecule has 1 aliphatic heterocycles. The number of nitrogens with zero attached hydrogens (tertiary/aromatic N) is 3. The fourth-order valence-corrected chi connectivity index (χ4v) is 3.17. The van der Waals surface area contributed by atoms with Gasteiger partial charge in [0, 0.05) is 30.1 Å². The van der Waals surface area contributed by atoms with Gasteiger partial charge in [-0.3, -0.25) is 4.79 Å². The average Bonchev–Trinajstić information content (AvgIpc) is 3.01. The third kappa shape index (κ3) is 3.50. The number of carbonyl (C=O) groups excluding carboxylic acids is 2. The highest BCUT2D eigenvalue weighted by Crippen LogP contribution is 2.26. The number of ether oxygens (including phenoxy) is 1. The zero-order valence-corrected chi connectivity index (χ0v) is 15.2. The summed E-state index contributed by atoms with van der Waals surface area (Å²) in [6, 6.07) is 7.20. The maximum absolute atomic E-state index is 12.3. The quantitative estimate of drug-likeness (QED) is 0.603. The number of halogens is 2. The number of carbonyl (C=O) groups is 2. The summed E-state index contributed by atoms with van der Waals surface area (Å²) < 4.78 is 6.84. The van der Waals surface area contributed by atoms with Gasteiger partial charge in [0.2, 0.25) is 5.91 Å². The number of hydrogen-bond donors (Lipinski definition) is 0. The van der Waals surface area contributed by atoms with E-state index in [4.69, 9.17) is 27.9 Å². The van der Waals surface area contributed by atoms with Crippen molar-refractivity contribution < 1.29 is 14.3 Å². The summed E-state index contributed by atoms with van der Waals surface area (Å²) in [6.07, 6.45) is 0.576. The topological polar surface area (TPSA) is 64.4 Å². The molecule has 6 nitrogen and oxygen atoms in total. The van der Waals surface area contributed by atoms with Crippen molar-refractivity contribution in [3.8, 4) is 5.69 Å². The molecule has 1 aromatic heterocycles. The molecular weight excluding hydrogens is 365 g/mol. The molecule has 132 valence electrons. The van der Waals surface area contributed by atoms with E-state index in [1.165, 1.54) is 0 Å². The normalized spacial score (nSPS) is 13.5. The number of hydrogen-bond acceptors (Lipinski definition) is 4. The van der Waals surface area contributed by atoms with Gasteiger partial charge in [0.1, 0.15) is 5.88 Å². The molecule has 0 radical (unpaired) electrons. The number of rotatable bonds is 4. The lowest BCUT2D eigenvalue weighted by molar-refractivity contribution is -0.129. The zero-order valence-electron chi connectivity index (χ0n) is 13.7. The summed E-state index contributed by atoms with van der Waals surface area (Å²) in [6.45, 7) is 2.82. The van der Waals surface area contributed by atoms with Gasteiger partial charge in [0.05, 0.1) is 18.0 Å². The maximum atomic E-state index is 12.3. The first-order valence-electron chi connectivity index (χ1n) is 7.92. The van der Waals surface area contributed by atoms with Crippen molar-refractivity contribution in [2.45, 2.75) is 19.9 Å². The van der Waals surface area contributed by atoms with Gasteiger partial charge in [-0.1, -0.05) is 11.6 Å². The van der Waals surface area contributed by atoms with E-state index in [2.05, 4.69) is 5.10 Å². The van der Waals surface area contributed by atoms with Crippen molar-refractivity contribution in [2.24, 2.45) is 0 Å². The summed E-state index contributed by atoms with van der Waals surface area (Å²) in [5.41, 5.74) is 2.63. The van der Waals surface area contributed by atoms with Gasteiger partial charge in [-0.05, 0) is 31.2 Å². The predicted octanol–water partition coefficient (Wildman–Crippen LogP) is 2.83. The molecule has 1 aromatic carbocycles. The number of benzene rings is 1. The van der Waals surface area contributed by atoms with Crippen molar-refractivity contribution in [1.82, 2.24) is 14.7 Å². The van der Waals surface area contributed by atoms with Crippen LogP contribution in [0.1, 0.15) is 28.7 Å². The molecule has 8 heteroatoms. The van der Waals surface area contributed by atoms with E-state index in [0.29, 0.717) is 30.1 Å². The van der Waals surface area contributed by atoms with Crippen LogP contribution in [0, 0.1) is 0 Å². The SMILES string of the molecule is CCOC(=O)c1nn(-c2ccc(Cl)cc2)c2c1CN(C(=O)CCl)CC2. The molecule has 0 spiro atoms. The van der Waals surface area contributed by atoms with Crippen LogP contribution >= 0.6 is 23.2 Å². The molecule has 0 saturated heterocycles. The van der Waals surface area contributed by atoms with E-state index in [1.807, 2.05) is 12.1 Å². The fourth-order valence-electron chi connectivity index (χ4n) is 2.88. The Bertz CT molecular complexity index is 802. The van der Waals surface area contributed by atoms with Crippen LogP contribution in [0.4, 0.5) is 0 Å². The summed E-state index contributed by atoms with van der Waals surface area (Å²) >= 11 is 11.6. The van der Waals surface area contributed by atoms with Crippen LogP contribution in [0.25, 0.3) is 5.69 Å². The molecular formula is C17H17Cl2N3O3. The molecule has 0 N–H and O–H groups in total. The zero-order chi connectivity index (χ0) is 18.0. The Balaban J connectivity index is 2.05. The first kappa shape index (κ1) is 17.8. The number of esters is 1. The lowest BCUT2D eigenvalue weighted by atomic mass is 10.0.